The molecule has 7 heteroatoms. The average molecular weight is 313 g/mol. The Bertz CT molecular complexity index is 698. The molecular weight excluding hydrogens is 294 g/mol. The van der Waals surface area contributed by atoms with E-state index < -0.39 is 0 Å². The fraction of sp³-hybridized carbons (Fsp3) is 0.375. The van der Waals surface area contributed by atoms with Crippen LogP contribution < -0.4 is 5.32 Å². The normalized spacial score (nSPS) is 17.8. The largest absolute Gasteiger partial charge is 0.342 e. The van der Waals surface area contributed by atoms with Gasteiger partial charge >= 0.3 is 0 Å². The second kappa shape index (κ2) is 6.60. The van der Waals surface area contributed by atoms with Crippen molar-refractivity contribution >= 4 is 17.6 Å². The molecule has 3 heterocycles. The number of amides is 2. The smallest absolute Gasteiger partial charge is 0.230 e. The highest BCUT2D eigenvalue weighted by Gasteiger charge is 2.27. The van der Waals surface area contributed by atoms with Crippen LogP contribution in [0.3, 0.4) is 0 Å². The first-order valence-corrected chi connectivity index (χ1v) is 7.65. The zero-order valence-corrected chi connectivity index (χ0v) is 13.0. The molecule has 2 aromatic rings. The number of nitrogens with one attached hydrogen (secondary N) is 2. The molecule has 0 unspecified atom stereocenters. The van der Waals surface area contributed by atoms with E-state index in [1.54, 1.807) is 23.4 Å². The van der Waals surface area contributed by atoms with Crippen molar-refractivity contribution < 1.29 is 9.59 Å². The van der Waals surface area contributed by atoms with Crippen molar-refractivity contribution in [1.82, 2.24) is 20.1 Å². The van der Waals surface area contributed by atoms with Crippen LogP contribution in [0, 0.1) is 5.92 Å². The van der Waals surface area contributed by atoms with Crippen molar-refractivity contribution in [3.8, 4) is 11.3 Å². The third-order valence-electron chi connectivity index (χ3n) is 4.06. The van der Waals surface area contributed by atoms with E-state index in [1.807, 2.05) is 12.1 Å². The SMILES string of the molecule is CC(=O)N1CCC[C@@H](C(=O)Nc2cc(-c3ccncc3)[nH]n2)C1. The van der Waals surface area contributed by atoms with Gasteiger partial charge in [-0.1, -0.05) is 0 Å². The number of pyridine rings is 1. The predicted octanol–water partition coefficient (Wildman–Crippen LogP) is 1.67. The van der Waals surface area contributed by atoms with Crippen LogP contribution >= 0.6 is 0 Å². The number of carbonyl (C=O) groups is 2. The highest BCUT2D eigenvalue weighted by atomic mass is 16.2. The van der Waals surface area contributed by atoms with Crippen LogP contribution in [0.15, 0.2) is 30.6 Å². The lowest BCUT2D eigenvalue weighted by molar-refractivity contribution is -0.132. The van der Waals surface area contributed by atoms with Crippen LogP contribution in [0.5, 0.6) is 0 Å². The zero-order chi connectivity index (χ0) is 16.2. The third kappa shape index (κ3) is 3.56. The molecule has 0 aliphatic carbocycles. The van der Waals surface area contributed by atoms with Crippen molar-refractivity contribution in [2.45, 2.75) is 19.8 Å². The highest BCUT2D eigenvalue weighted by Crippen LogP contribution is 2.21. The number of likely N-dealkylation sites (tertiary alicyclic amines) is 1. The van der Waals surface area contributed by atoms with Gasteiger partial charge in [0.05, 0.1) is 11.6 Å². The summed E-state index contributed by atoms with van der Waals surface area (Å²) in [4.78, 5) is 29.5. The number of piperidine rings is 1. The quantitative estimate of drug-likeness (QED) is 0.901. The minimum absolute atomic E-state index is 0.0160. The monoisotopic (exact) mass is 313 g/mol. The molecule has 0 aromatic carbocycles. The molecule has 2 N–H and O–H groups in total. The van der Waals surface area contributed by atoms with Crippen LogP contribution in [0.4, 0.5) is 5.82 Å². The van der Waals surface area contributed by atoms with Crippen LogP contribution in [0.2, 0.25) is 0 Å². The molecule has 0 saturated carbocycles. The van der Waals surface area contributed by atoms with Gasteiger partial charge in [0.15, 0.2) is 5.82 Å². The first-order valence-electron chi connectivity index (χ1n) is 7.65. The Morgan fingerprint density at radius 3 is 2.87 bits per heavy atom. The van der Waals surface area contributed by atoms with Crippen molar-refractivity contribution in [1.29, 1.82) is 0 Å². The van der Waals surface area contributed by atoms with Crippen LogP contribution in [-0.2, 0) is 9.59 Å². The molecule has 23 heavy (non-hydrogen) atoms. The minimum atomic E-state index is -0.186. The van der Waals surface area contributed by atoms with E-state index >= 15 is 0 Å². The number of rotatable bonds is 3. The van der Waals surface area contributed by atoms with Crippen LogP contribution in [-0.4, -0.2) is 45.0 Å². The number of hydrogen-bond acceptors (Lipinski definition) is 4. The van der Waals surface area contributed by atoms with Crippen LogP contribution in [0.1, 0.15) is 19.8 Å². The summed E-state index contributed by atoms with van der Waals surface area (Å²) in [7, 11) is 0. The fourth-order valence-corrected chi connectivity index (χ4v) is 2.77. The summed E-state index contributed by atoms with van der Waals surface area (Å²) >= 11 is 0. The Labute approximate surface area is 134 Å². The van der Waals surface area contributed by atoms with E-state index in [4.69, 9.17) is 0 Å². The van der Waals surface area contributed by atoms with Gasteiger partial charge in [-0.15, -0.1) is 0 Å². The molecule has 2 aromatic heterocycles. The Kier molecular flexibility index (Phi) is 4.36. The maximum Gasteiger partial charge on any atom is 0.230 e. The molecule has 120 valence electrons. The zero-order valence-electron chi connectivity index (χ0n) is 13.0. The number of aromatic amines is 1. The number of aromatic nitrogens is 3. The Morgan fingerprint density at radius 2 is 2.13 bits per heavy atom. The summed E-state index contributed by atoms with van der Waals surface area (Å²) in [6.45, 7) is 2.74. The van der Waals surface area contributed by atoms with E-state index in [-0.39, 0.29) is 17.7 Å². The fourth-order valence-electron chi connectivity index (χ4n) is 2.77. The van der Waals surface area contributed by atoms with Crippen molar-refractivity contribution in [2.75, 3.05) is 18.4 Å². The maximum absolute atomic E-state index is 12.4. The lowest BCUT2D eigenvalue weighted by atomic mass is 9.97. The van der Waals surface area contributed by atoms with E-state index in [9.17, 15) is 9.59 Å². The Balaban J connectivity index is 1.64. The molecule has 1 aliphatic heterocycles. The summed E-state index contributed by atoms with van der Waals surface area (Å²) in [5.41, 5.74) is 1.77. The topological polar surface area (TPSA) is 91.0 Å². The second-order valence-electron chi connectivity index (χ2n) is 5.70. The van der Waals surface area contributed by atoms with Gasteiger partial charge in [0, 0.05) is 44.0 Å². The van der Waals surface area contributed by atoms with Crippen LogP contribution in [0.25, 0.3) is 11.3 Å². The molecule has 3 rings (SSSR count). The predicted molar refractivity (Wildman–Crippen MR) is 85.4 cm³/mol. The van der Waals surface area contributed by atoms with Gasteiger partial charge in [0.1, 0.15) is 0 Å². The molecule has 1 aliphatic rings. The summed E-state index contributed by atoms with van der Waals surface area (Å²) < 4.78 is 0. The number of anilines is 1. The standard InChI is InChI=1S/C16H19N5O2/c1-11(22)21-8-2-3-13(10-21)16(23)18-15-9-14(19-20-15)12-4-6-17-7-5-12/h4-7,9,13H,2-3,8,10H2,1H3,(H2,18,19,20,23)/t13-/m1/s1. The number of H-pyrrole nitrogens is 1. The number of nitrogens with zero attached hydrogens (tertiary/aromatic N) is 3. The molecule has 1 saturated heterocycles. The lowest BCUT2D eigenvalue weighted by Crippen LogP contribution is -2.42. The first kappa shape index (κ1) is 15.2. The van der Waals surface area contributed by atoms with Crippen molar-refractivity contribution in [2.24, 2.45) is 5.92 Å². The van der Waals surface area contributed by atoms with Gasteiger partial charge in [-0.2, -0.15) is 5.10 Å². The molecule has 0 radical (unpaired) electrons. The summed E-state index contributed by atoms with van der Waals surface area (Å²) in [5, 5.41) is 9.85. The Morgan fingerprint density at radius 1 is 1.35 bits per heavy atom. The molecule has 1 atom stereocenters. The van der Waals surface area contributed by atoms with Gasteiger partial charge in [0.25, 0.3) is 0 Å². The van der Waals surface area contributed by atoms with E-state index in [0.717, 1.165) is 30.6 Å². The van der Waals surface area contributed by atoms with Gasteiger partial charge < -0.3 is 10.2 Å². The van der Waals surface area contributed by atoms with Crippen molar-refractivity contribution in [3.05, 3.63) is 30.6 Å². The Hall–Kier alpha value is -2.70. The molecule has 1 fully saturated rings. The third-order valence-corrected chi connectivity index (χ3v) is 4.06. The molecule has 7 nitrogen and oxygen atoms in total. The number of hydrogen-bond donors (Lipinski definition) is 2. The van der Waals surface area contributed by atoms with E-state index in [0.29, 0.717) is 12.4 Å². The average Bonchev–Trinajstić information content (AvgIpc) is 3.04. The summed E-state index contributed by atoms with van der Waals surface area (Å²) in [6.07, 6.45) is 5.04. The van der Waals surface area contributed by atoms with Gasteiger partial charge in [-0.05, 0) is 25.0 Å². The first-order chi connectivity index (χ1) is 11.1. The van der Waals surface area contributed by atoms with Gasteiger partial charge in [0.2, 0.25) is 11.8 Å². The maximum atomic E-state index is 12.4. The molecule has 2 amide bonds. The van der Waals surface area contributed by atoms with E-state index in [2.05, 4.69) is 20.5 Å². The van der Waals surface area contributed by atoms with Gasteiger partial charge in [-0.25, -0.2) is 0 Å². The van der Waals surface area contributed by atoms with Gasteiger partial charge in [-0.3, -0.25) is 19.7 Å². The lowest BCUT2D eigenvalue weighted by Gasteiger charge is -2.31. The van der Waals surface area contributed by atoms with Crippen molar-refractivity contribution in [3.63, 3.8) is 0 Å². The highest BCUT2D eigenvalue weighted by molar-refractivity contribution is 5.92. The molecule has 0 spiro atoms. The summed E-state index contributed by atoms with van der Waals surface area (Å²) in [6, 6.07) is 5.52. The summed E-state index contributed by atoms with van der Waals surface area (Å²) in [5.74, 6) is 0.224. The minimum Gasteiger partial charge on any atom is -0.342 e. The number of carbonyl (C=O) groups excluding carboxylic acids is 2. The molecular formula is C16H19N5O2. The second-order valence-corrected chi connectivity index (χ2v) is 5.70. The van der Waals surface area contributed by atoms with E-state index in [1.165, 1.54) is 6.92 Å². The molecule has 0 bridgehead atoms.